The van der Waals surface area contributed by atoms with Gasteiger partial charge in [-0.15, -0.1) is 0 Å². The van der Waals surface area contributed by atoms with Crippen molar-refractivity contribution in [3.05, 3.63) is 51.3 Å². The number of nitrogens with zero attached hydrogens (tertiary/aromatic N) is 1. The molecule has 1 heterocycles. The van der Waals surface area contributed by atoms with Crippen LogP contribution in [0.5, 0.6) is 0 Å². The maximum atomic E-state index is 12.7. The predicted octanol–water partition coefficient (Wildman–Crippen LogP) is 4.23. The van der Waals surface area contributed by atoms with Crippen molar-refractivity contribution in [1.29, 1.82) is 0 Å². The molecule has 2 aromatic rings. The summed E-state index contributed by atoms with van der Waals surface area (Å²) in [5, 5.41) is 2.34. The molecule has 102 valence electrons. The summed E-state index contributed by atoms with van der Waals surface area (Å²) >= 11 is 5.04. The maximum absolute atomic E-state index is 12.7. The topological polar surface area (TPSA) is 20.7 Å². The summed E-state index contributed by atoms with van der Waals surface area (Å²) in [5.41, 5.74) is 1.29. The normalized spacial score (nSPS) is 11.8. The fourth-order valence-corrected chi connectivity index (χ4v) is 2.05. The minimum Gasteiger partial charge on any atom is -0.292 e. The molecule has 0 bridgehead atoms. The number of hydrogen-bond donors (Lipinski definition) is 1. The number of aryl methyl sites for hydroxylation is 1. The van der Waals surface area contributed by atoms with Gasteiger partial charge < -0.3 is 0 Å². The summed E-state index contributed by atoms with van der Waals surface area (Å²) in [6.45, 7) is 3.64. The molecule has 0 unspecified atom stereocenters. The van der Waals surface area contributed by atoms with Gasteiger partial charge in [-0.05, 0) is 19.4 Å². The van der Waals surface area contributed by atoms with Crippen LogP contribution in [0.4, 0.5) is 13.2 Å². The van der Waals surface area contributed by atoms with E-state index in [1.165, 1.54) is 11.6 Å². The van der Waals surface area contributed by atoms with Crippen LogP contribution in [0.2, 0.25) is 0 Å². The lowest BCUT2D eigenvalue weighted by Gasteiger charge is -2.06. The van der Waals surface area contributed by atoms with Crippen LogP contribution in [-0.4, -0.2) is 9.78 Å². The van der Waals surface area contributed by atoms with Crippen LogP contribution in [0.15, 0.2) is 24.3 Å². The zero-order valence-corrected chi connectivity index (χ0v) is 11.3. The first-order chi connectivity index (χ1) is 8.79. The molecule has 0 aliphatic rings. The Morgan fingerprint density at radius 1 is 1.16 bits per heavy atom. The molecule has 2 rings (SSSR count). The minimum atomic E-state index is -4.41. The van der Waals surface area contributed by atoms with Gasteiger partial charge in [-0.25, -0.2) is 0 Å². The van der Waals surface area contributed by atoms with Gasteiger partial charge in [0.1, 0.15) is 10.3 Å². The highest BCUT2D eigenvalue weighted by molar-refractivity contribution is 7.71. The van der Waals surface area contributed by atoms with Gasteiger partial charge >= 0.3 is 6.18 Å². The fraction of sp³-hybridized carbons (Fsp3) is 0.308. The van der Waals surface area contributed by atoms with Crippen LogP contribution >= 0.6 is 12.2 Å². The molecule has 1 aromatic heterocycles. The van der Waals surface area contributed by atoms with Gasteiger partial charge in [-0.3, -0.25) is 9.78 Å². The summed E-state index contributed by atoms with van der Waals surface area (Å²) in [6.07, 6.45) is -4.41. The van der Waals surface area contributed by atoms with Crippen LogP contribution in [0.25, 0.3) is 0 Å². The monoisotopic (exact) mass is 286 g/mol. The van der Waals surface area contributed by atoms with Gasteiger partial charge in [0.25, 0.3) is 0 Å². The molecule has 1 N–H and O–H groups in total. The Morgan fingerprint density at radius 2 is 1.74 bits per heavy atom. The molecule has 0 atom stereocenters. The average molecular weight is 286 g/mol. The third kappa shape index (κ3) is 2.89. The number of benzene rings is 1. The molecule has 0 saturated heterocycles. The molecule has 0 radical (unpaired) electrons. The molecule has 2 nitrogen and oxygen atoms in total. The van der Waals surface area contributed by atoms with Gasteiger partial charge in [0.05, 0.1) is 6.54 Å². The van der Waals surface area contributed by atoms with Crippen molar-refractivity contribution in [3.63, 3.8) is 0 Å². The van der Waals surface area contributed by atoms with Crippen molar-refractivity contribution in [2.24, 2.45) is 0 Å². The van der Waals surface area contributed by atoms with Crippen LogP contribution in [0.1, 0.15) is 22.4 Å². The lowest BCUT2D eigenvalue weighted by molar-refractivity contribution is -0.141. The van der Waals surface area contributed by atoms with Gasteiger partial charge in [0, 0.05) is 5.56 Å². The largest absolute Gasteiger partial charge is 0.433 e. The van der Waals surface area contributed by atoms with E-state index in [1.807, 2.05) is 31.2 Å². The Kier molecular flexibility index (Phi) is 3.54. The van der Waals surface area contributed by atoms with Crippen LogP contribution in [0.3, 0.4) is 0 Å². The highest BCUT2D eigenvalue weighted by atomic mass is 32.1. The standard InChI is InChI=1S/C13H13F3N2S/c1-8-3-5-10(6-4-8)7-18-12(19)9(2)11(17-18)13(14,15)16/h3-6,17H,7H2,1-2H3. The lowest BCUT2D eigenvalue weighted by atomic mass is 10.1. The molecular weight excluding hydrogens is 273 g/mol. The highest BCUT2D eigenvalue weighted by Gasteiger charge is 2.35. The Bertz CT molecular complexity index is 635. The van der Waals surface area contributed by atoms with Crippen molar-refractivity contribution < 1.29 is 13.2 Å². The number of hydrogen-bond acceptors (Lipinski definition) is 1. The second-order valence-electron chi connectivity index (χ2n) is 4.49. The van der Waals surface area contributed by atoms with E-state index in [1.54, 1.807) is 0 Å². The molecule has 0 amide bonds. The third-order valence-electron chi connectivity index (χ3n) is 2.93. The number of aromatic nitrogens is 2. The Hall–Kier alpha value is -1.56. The summed E-state index contributed by atoms with van der Waals surface area (Å²) in [4.78, 5) is 0. The van der Waals surface area contributed by atoms with Crippen molar-refractivity contribution >= 4 is 12.2 Å². The van der Waals surface area contributed by atoms with E-state index in [9.17, 15) is 13.2 Å². The van der Waals surface area contributed by atoms with Crippen molar-refractivity contribution in [2.45, 2.75) is 26.6 Å². The van der Waals surface area contributed by atoms with E-state index in [0.717, 1.165) is 11.1 Å². The Balaban J connectivity index is 2.37. The molecule has 0 aliphatic heterocycles. The molecule has 0 aliphatic carbocycles. The summed E-state index contributed by atoms with van der Waals surface area (Å²) < 4.78 is 39.8. The molecule has 1 aromatic carbocycles. The van der Waals surface area contributed by atoms with E-state index < -0.39 is 11.9 Å². The zero-order valence-electron chi connectivity index (χ0n) is 10.5. The summed E-state index contributed by atoms with van der Waals surface area (Å²) in [7, 11) is 0. The zero-order chi connectivity index (χ0) is 14.2. The molecule has 6 heteroatoms. The van der Waals surface area contributed by atoms with Crippen LogP contribution < -0.4 is 0 Å². The third-order valence-corrected chi connectivity index (χ3v) is 3.46. The summed E-state index contributed by atoms with van der Waals surface area (Å²) in [5.74, 6) is 0. The molecule has 0 saturated carbocycles. The highest BCUT2D eigenvalue weighted by Crippen LogP contribution is 2.31. The fourth-order valence-electron chi connectivity index (χ4n) is 1.84. The van der Waals surface area contributed by atoms with E-state index >= 15 is 0 Å². The van der Waals surface area contributed by atoms with E-state index in [2.05, 4.69) is 5.10 Å². The number of nitrogens with one attached hydrogen (secondary N) is 1. The van der Waals surface area contributed by atoms with Crippen LogP contribution in [0, 0.1) is 18.5 Å². The van der Waals surface area contributed by atoms with Crippen molar-refractivity contribution in [3.8, 4) is 0 Å². The number of aromatic amines is 1. The molecule has 0 spiro atoms. The van der Waals surface area contributed by atoms with Crippen LogP contribution in [-0.2, 0) is 12.7 Å². The molecule has 0 fully saturated rings. The second kappa shape index (κ2) is 4.85. The lowest BCUT2D eigenvalue weighted by Crippen LogP contribution is -2.09. The number of halogens is 3. The average Bonchev–Trinajstić information content (AvgIpc) is 2.60. The van der Waals surface area contributed by atoms with Crippen molar-refractivity contribution in [1.82, 2.24) is 9.78 Å². The minimum absolute atomic E-state index is 0.0645. The van der Waals surface area contributed by atoms with E-state index in [0.29, 0.717) is 6.54 Å². The first-order valence-corrected chi connectivity index (χ1v) is 6.12. The van der Waals surface area contributed by atoms with Crippen molar-refractivity contribution in [2.75, 3.05) is 0 Å². The summed E-state index contributed by atoms with van der Waals surface area (Å²) in [6, 6.07) is 7.58. The van der Waals surface area contributed by atoms with Gasteiger partial charge in [-0.1, -0.05) is 42.0 Å². The molecular formula is C13H13F3N2S. The Labute approximate surface area is 113 Å². The maximum Gasteiger partial charge on any atom is 0.433 e. The first kappa shape index (κ1) is 13.9. The number of alkyl halides is 3. The number of rotatable bonds is 2. The van der Waals surface area contributed by atoms with E-state index in [4.69, 9.17) is 12.2 Å². The number of H-pyrrole nitrogens is 1. The second-order valence-corrected chi connectivity index (χ2v) is 4.87. The molecule has 19 heavy (non-hydrogen) atoms. The predicted molar refractivity (Wildman–Crippen MR) is 69.6 cm³/mol. The Morgan fingerprint density at radius 3 is 2.21 bits per heavy atom. The SMILES string of the molecule is Cc1ccc(Cn2[nH]c(C(F)(F)F)c(C)c2=S)cc1. The van der Waals surface area contributed by atoms with E-state index in [-0.39, 0.29) is 10.2 Å². The van der Waals surface area contributed by atoms with Gasteiger partial charge in [0.15, 0.2) is 0 Å². The van der Waals surface area contributed by atoms with Gasteiger partial charge in [0.2, 0.25) is 0 Å². The van der Waals surface area contributed by atoms with Gasteiger partial charge in [-0.2, -0.15) is 13.2 Å². The smallest absolute Gasteiger partial charge is 0.292 e. The quantitative estimate of drug-likeness (QED) is 0.819. The first-order valence-electron chi connectivity index (χ1n) is 5.71.